The van der Waals surface area contributed by atoms with Gasteiger partial charge in [-0.25, -0.2) is 15.4 Å². The average Bonchev–Trinajstić information content (AvgIpc) is 2.27. The van der Waals surface area contributed by atoms with E-state index in [1.54, 1.807) is 30.3 Å². The molecule has 0 atom stereocenters. The number of carboxylic acids is 1. The van der Waals surface area contributed by atoms with Crippen molar-refractivity contribution in [2.45, 2.75) is 0 Å². The van der Waals surface area contributed by atoms with Crippen molar-refractivity contribution in [1.29, 1.82) is 0 Å². The number of anilines is 1. The molecular weight excluding hydrogens is 212 g/mol. The summed E-state index contributed by atoms with van der Waals surface area (Å²) in [6.07, 6.45) is 1.44. The van der Waals surface area contributed by atoms with Crippen LogP contribution >= 0.6 is 0 Å². The predicted octanol–water partition coefficient (Wildman–Crippen LogP) is 0.466. The second kappa shape index (κ2) is 5.52. The molecule has 0 aliphatic heterocycles. The van der Waals surface area contributed by atoms with Gasteiger partial charge in [-0.05, 0) is 12.1 Å². The average molecular weight is 222 g/mol. The van der Waals surface area contributed by atoms with Crippen molar-refractivity contribution < 1.29 is 19.5 Å². The van der Waals surface area contributed by atoms with Crippen LogP contribution in [0, 0.1) is 0 Å². The van der Waals surface area contributed by atoms with Gasteiger partial charge in [0.2, 0.25) is 0 Å². The third kappa shape index (κ3) is 3.81. The molecule has 0 amide bonds. The van der Waals surface area contributed by atoms with Crippen molar-refractivity contribution in [2.75, 3.05) is 5.17 Å². The minimum atomic E-state index is -1.24. The zero-order valence-electron chi connectivity index (χ0n) is 8.24. The Morgan fingerprint density at radius 1 is 1.25 bits per heavy atom. The lowest BCUT2D eigenvalue weighted by Crippen LogP contribution is -2.33. The van der Waals surface area contributed by atoms with E-state index in [0.717, 1.165) is 11.2 Å². The van der Waals surface area contributed by atoms with Crippen LogP contribution in [0.1, 0.15) is 0 Å². The van der Waals surface area contributed by atoms with Crippen LogP contribution in [0.3, 0.4) is 0 Å². The fourth-order valence-electron chi connectivity index (χ4n) is 0.894. The van der Waals surface area contributed by atoms with E-state index in [1.807, 2.05) is 0 Å². The summed E-state index contributed by atoms with van der Waals surface area (Å²) in [6, 6.07) is 8.48. The zero-order chi connectivity index (χ0) is 12.0. The first-order valence-corrected chi connectivity index (χ1v) is 4.32. The van der Waals surface area contributed by atoms with E-state index in [9.17, 15) is 9.59 Å². The minimum absolute atomic E-state index is 0.472. The Labute approximate surface area is 91.5 Å². The molecule has 0 radical (unpaired) electrons. The molecule has 6 heteroatoms. The zero-order valence-corrected chi connectivity index (χ0v) is 8.24. The van der Waals surface area contributed by atoms with Gasteiger partial charge < -0.3 is 9.94 Å². The van der Waals surface area contributed by atoms with Gasteiger partial charge in [-0.2, -0.15) is 0 Å². The van der Waals surface area contributed by atoms with Crippen molar-refractivity contribution in [3.8, 4) is 0 Å². The maximum absolute atomic E-state index is 11.0. The predicted molar refractivity (Wildman–Crippen MR) is 56.0 cm³/mol. The SMILES string of the molecule is NN(OC(=O)/C=C\C(=O)O)c1ccccc1. The summed E-state index contributed by atoms with van der Waals surface area (Å²) in [5.74, 6) is 3.31. The van der Waals surface area contributed by atoms with Crippen molar-refractivity contribution in [3.63, 3.8) is 0 Å². The molecule has 0 aliphatic carbocycles. The van der Waals surface area contributed by atoms with Gasteiger partial charge in [0.05, 0.1) is 5.69 Å². The Kier molecular flexibility index (Phi) is 4.05. The van der Waals surface area contributed by atoms with E-state index in [-0.39, 0.29) is 0 Å². The van der Waals surface area contributed by atoms with Gasteiger partial charge in [0.1, 0.15) is 0 Å². The highest BCUT2D eigenvalue weighted by atomic mass is 16.7. The largest absolute Gasteiger partial charge is 0.478 e. The van der Waals surface area contributed by atoms with Gasteiger partial charge in [-0.3, -0.25) is 0 Å². The normalized spacial score (nSPS) is 10.1. The molecule has 0 bridgehead atoms. The number of aliphatic carboxylic acids is 1. The van der Waals surface area contributed by atoms with Crippen molar-refractivity contribution in [3.05, 3.63) is 42.5 Å². The molecule has 0 fully saturated rings. The summed E-state index contributed by atoms with van der Waals surface area (Å²) < 4.78 is 0. The lowest BCUT2D eigenvalue weighted by molar-refractivity contribution is -0.140. The van der Waals surface area contributed by atoms with E-state index in [4.69, 9.17) is 10.9 Å². The monoisotopic (exact) mass is 222 g/mol. The van der Waals surface area contributed by atoms with E-state index >= 15 is 0 Å². The molecule has 0 unspecified atom stereocenters. The Morgan fingerprint density at radius 2 is 1.88 bits per heavy atom. The van der Waals surface area contributed by atoms with Crippen LogP contribution in [0.25, 0.3) is 0 Å². The highest BCUT2D eigenvalue weighted by Crippen LogP contribution is 2.09. The molecule has 1 aromatic carbocycles. The first kappa shape index (κ1) is 11.7. The van der Waals surface area contributed by atoms with Crippen molar-refractivity contribution in [1.82, 2.24) is 0 Å². The second-order valence-corrected chi connectivity index (χ2v) is 2.74. The number of nitrogens with two attached hydrogens (primary N) is 1. The summed E-state index contributed by atoms with van der Waals surface area (Å²) >= 11 is 0. The molecule has 0 saturated heterocycles. The lowest BCUT2D eigenvalue weighted by atomic mass is 10.3. The maximum Gasteiger partial charge on any atom is 0.358 e. The van der Waals surface area contributed by atoms with Crippen LogP contribution in [0.2, 0.25) is 0 Å². The Balaban J connectivity index is 2.55. The molecule has 0 aromatic heterocycles. The summed E-state index contributed by atoms with van der Waals surface area (Å²) in [4.78, 5) is 25.8. The summed E-state index contributed by atoms with van der Waals surface area (Å²) in [6.45, 7) is 0. The highest BCUT2D eigenvalue weighted by molar-refractivity contribution is 5.91. The molecule has 0 spiro atoms. The molecule has 1 rings (SSSR count). The van der Waals surface area contributed by atoms with Crippen molar-refractivity contribution in [2.24, 2.45) is 5.84 Å². The Hall–Kier alpha value is -2.34. The van der Waals surface area contributed by atoms with E-state index < -0.39 is 11.9 Å². The number of para-hydroxylation sites is 1. The molecule has 0 aliphatic rings. The summed E-state index contributed by atoms with van der Waals surface area (Å²) in [7, 11) is 0. The molecule has 0 saturated carbocycles. The standard InChI is InChI=1S/C10H10N2O4/c11-12(8-4-2-1-3-5-8)16-10(15)7-6-9(13)14/h1-7H,11H2,(H,13,14)/b7-6-. The van der Waals surface area contributed by atoms with E-state index in [2.05, 4.69) is 4.84 Å². The smallest absolute Gasteiger partial charge is 0.358 e. The van der Waals surface area contributed by atoms with Gasteiger partial charge in [0, 0.05) is 12.2 Å². The van der Waals surface area contributed by atoms with Crippen LogP contribution in [-0.2, 0) is 14.4 Å². The molecule has 6 nitrogen and oxygen atoms in total. The number of hydrogen-bond donors (Lipinski definition) is 2. The topological polar surface area (TPSA) is 92.9 Å². The first-order valence-electron chi connectivity index (χ1n) is 4.32. The van der Waals surface area contributed by atoms with Crippen LogP contribution in [0.15, 0.2) is 42.5 Å². The Morgan fingerprint density at radius 3 is 2.44 bits per heavy atom. The van der Waals surface area contributed by atoms with E-state index in [0.29, 0.717) is 11.8 Å². The number of carbonyl (C=O) groups excluding carboxylic acids is 1. The number of hydrogen-bond acceptors (Lipinski definition) is 5. The molecule has 1 aromatic rings. The highest BCUT2D eigenvalue weighted by Gasteiger charge is 2.06. The van der Waals surface area contributed by atoms with Gasteiger partial charge >= 0.3 is 11.9 Å². The van der Waals surface area contributed by atoms with E-state index in [1.165, 1.54) is 0 Å². The number of hydrazine groups is 1. The summed E-state index contributed by atoms with van der Waals surface area (Å²) in [5, 5.41) is 9.03. The number of carbonyl (C=O) groups is 2. The maximum atomic E-state index is 11.0. The summed E-state index contributed by atoms with van der Waals surface area (Å²) in [5.41, 5.74) is 0.472. The fourth-order valence-corrected chi connectivity index (χ4v) is 0.894. The van der Waals surface area contributed by atoms with Crippen LogP contribution in [-0.4, -0.2) is 17.0 Å². The van der Waals surface area contributed by atoms with Gasteiger partial charge in [-0.15, -0.1) is 5.17 Å². The van der Waals surface area contributed by atoms with Gasteiger partial charge in [0.15, 0.2) is 0 Å². The molecular formula is C10H10N2O4. The van der Waals surface area contributed by atoms with Gasteiger partial charge in [0.25, 0.3) is 0 Å². The molecule has 0 heterocycles. The first-order chi connectivity index (χ1) is 7.59. The number of benzene rings is 1. The van der Waals surface area contributed by atoms with Crippen LogP contribution in [0.5, 0.6) is 0 Å². The lowest BCUT2D eigenvalue weighted by Gasteiger charge is -2.15. The third-order valence-electron chi connectivity index (χ3n) is 1.56. The second-order valence-electron chi connectivity index (χ2n) is 2.74. The molecule has 84 valence electrons. The van der Waals surface area contributed by atoms with Crippen LogP contribution in [0.4, 0.5) is 5.69 Å². The number of carboxylic acid groups (broad SMARTS) is 1. The van der Waals surface area contributed by atoms with Gasteiger partial charge in [-0.1, -0.05) is 18.2 Å². The Bertz CT molecular complexity index is 403. The third-order valence-corrected chi connectivity index (χ3v) is 1.56. The van der Waals surface area contributed by atoms with Crippen LogP contribution < -0.4 is 11.0 Å². The molecule has 3 N–H and O–H groups in total. The molecule has 16 heavy (non-hydrogen) atoms. The quantitative estimate of drug-likeness (QED) is 0.437. The van der Waals surface area contributed by atoms with Crippen molar-refractivity contribution >= 4 is 17.6 Å². The number of rotatable bonds is 4. The minimum Gasteiger partial charge on any atom is -0.478 e. The fraction of sp³-hybridized carbons (Fsp3) is 0. The number of nitrogens with zero attached hydrogens (tertiary/aromatic N) is 1.